The second-order valence-corrected chi connectivity index (χ2v) is 12.1. The van der Waals surface area contributed by atoms with Crippen molar-refractivity contribution in [2.45, 2.75) is 71.1 Å². The van der Waals surface area contributed by atoms with Crippen LogP contribution in [0.2, 0.25) is 0 Å². The van der Waals surface area contributed by atoms with Gasteiger partial charge in [-0.05, 0) is 61.3 Å². The lowest BCUT2D eigenvalue weighted by molar-refractivity contribution is -0.140. The summed E-state index contributed by atoms with van der Waals surface area (Å²) >= 11 is 0. The van der Waals surface area contributed by atoms with Crippen molar-refractivity contribution in [2.24, 2.45) is 17.8 Å². The summed E-state index contributed by atoms with van der Waals surface area (Å²) in [5, 5.41) is 26.8. The minimum Gasteiger partial charge on any atom is -0.481 e. The molecule has 0 radical (unpaired) electrons. The highest BCUT2D eigenvalue weighted by Gasteiger charge is 2.39. The van der Waals surface area contributed by atoms with E-state index in [2.05, 4.69) is 46.7 Å². The van der Waals surface area contributed by atoms with Crippen LogP contribution in [0.1, 0.15) is 63.2 Å². The molecule has 1 aromatic heterocycles. The number of H-pyrrole nitrogens is 1. The molecule has 45 heavy (non-hydrogen) atoms. The van der Waals surface area contributed by atoms with Crippen LogP contribution in [0.15, 0.2) is 29.1 Å². The van der Waals surface area contributed by atoms with Crippen molar-refractivity contribution in [3.63, 3.8) is 0 Å². The van der Waals surface area contributed by atoms with Crippen molar-refractivity contribution in [3.05, 3.63) is 40.2 Å². The Hall–Kier alpha value is -4.82. The molecular weight excluding hydrogens is 586 g/mol. The molecule has 2 amide bonds. The molecule has 1 aliphatic carbocycles. The van der Waals surface area contributed by atoms with E-state index in [1.807, 2.05) is 0 Å². The van der Waals surface area contributed by atoms with Crippen molar-refractivity contribution < 1.29 is 34.1 Å². The molecule has 1 aromatic carbocycles. The van der Waals surface area contributed by atoms with E-state index in [4.69, 9.17) is 15.6 Å². The fourth-order valence-electron chi connectivity index (χ4n) is 5.90. The van der Waals surface area contributed by atoms with E-state index < -0.39 is 48.0 Å². The summed E-state index contributed by atoms with van der Waals surface area (Å²) in [6.07, 6.45) is 1.15. The highest BCUT2D eigenvalue weighted by atomic mass is 16.6. The van der Waals surface area contributed by atoms with Crippen LogP contribution in [0, 0.1) is 17.8 Å². The van der Waals surface area contributed by atoms with Gasteiger partial charge in [-0.1, -0.05) is 27.2 Å². The SMILES string of the molecule is CC1CCC(C(C)C)C(OC(=O)N2c3c(nc(N)[nH]c3=O)NCC2CNc2ccc(C(=O)N[C@@H](CCC(=O)O)C(=O)O)cc2)C1. The molecule has 0 saturated heterocycles. The number of nitrogens with zero attached hydrogens (tertiary/aromatic N) is 2. The minimum absolute atomic E-state index is 0.0140. The Morgan fingerprint density at radius 1 is 1.16 bits per heavy atom. The fourth-order valence-corrected chi connectivity index (χ4v) is 5.90. The van der Waals surface area contributed by atoms with E-state index in [1.165, 1.54) is 17.0 Å². The van der Waals surface area contributed by atoms with Gasteiger partial charge in [-0.15, -0.1) is 0 Å². The van der Waals surface area contributed by atoms with Gasteiger partial charge >= 0.3 is 18.0 Å². The average Bonchev–Trinajstić information content (AvgIpc) is 2.97. The monoisotopic (exact) mass is 627 g/mol. The molecule has 2 aliphatic rings. The van der Waals surface area contributed by atoms with Crippen LogP contribution < -0.4 is 32.1 Å². The van der Waals surface area contributed by atoms with Crippen molar-refractivity contribution in [3.8, 4) is 0 Å². The number of hydrogen-bond donors (Lipinski definition) is 7. The zero-order valence-corrected chi connectivity index (χ0v) is 25.5. The lowest BCUT2D eigenvalue weighted by Gasteiger charge is -2.40. The van der Waals surface area contributed by atoms with E-state index in [0.717, 1.165) is 19.3 Å². The Morgan fingerprint density at radius 2 is 1.87 bits per heavy atom. The first-order valence-corrected chi connectivity index (χ1v) is 15.1. The second kappa shape index (κ2) is 14.3. The number of anilines is 4. The average molecular weight is 628 g/mol. The maximum Gasteiger partial charge on any atom is 0.415 e. The van der Waals surface area contributed by atoms with Gasteiger partial charge in [0.05, 0.1) is 6.04 Å². The molecule has 4 rings (SSSR count). The molecule has 15 nitrogen and oxygen atoms in total. The molecule has 8 N–H and O–H groups in total. The number of rotatable bonds is 11. The predicted molar refractivity (Wildman–Crippen MR) is 166 cm³/mol. The van der Waals surface area contributed by atoms with E-state index in [1.54, 1.807) is 12.1 Å². The number of hydrogen-bond acceptors (Lipinski definition) is 10. The van der Waals surface area contributed by atoms with Crippen LogP contribution in [0.25, 0.3) is 0 Å². The first-order valence-electron chi connectivity index (χ1n) is 15.1. The van der Waals surface area contributed by atoms with E-state index in [-0.39, 0.29) is 54.5 Å². The smallest absolute Gasteiger partial charge is 0.415 e. The molecular formula is C30H41N7O8. The Labute approximate surface area is 259 Å². The molecule has 15 heteroatoms. The number of aromatic nitrogens is 2. The number of nitrogens with one attached hydrogen (secondary N) is 4. The van der Waals surface area contributed by atoms with Crippen molar-refractivity contribution >= 4 is 47.1 Å². The van der Waals surface area contributed by atoms with E-state index in [0.29, 0.717) is 17.5 Å². The van der Waals surface area contributed by atoms with E-state index >= 15 is 0 Å². The third-order valence-electron chi connectivity index (χ3n) is 8.37. The van der Waals surface area contributed by atoms with Gasteiger partial charge in [0.15, 0.2) is 11.5 Å². The number of aliphatic carboxylic acids is 2. The first-order chi connectivity index (χ1) is 21.3. The molecule has 5 atom stereocenters. The minimum atomic E-state index is -1.35. The number of carbonyl (C=O) groups is 4. The molecule has 2 heterocycles. The topological polar surface area (TPSA) is 229 Å². The van der Waals surface area contributed by atoms with Crippen LogP contribution in [0.4, 0.5) is 27.9 Å². The van der Waals surface area contributed by atoms with Crippen molar-refractivity contribution in [1.29, 1.82) is 0 Å². The number of fused-ring (bicyclic) bond motifs is 1. The summed E-state index contributed by atoms with van der Waals surface area (Å²) in [5.41, 5.74) is 5.96. The third-order valence-corrected chi connectivity index (χ3v) is 8.37. The van der Waals surface area contributed by atoms with Gasteiger partial charge in [0.2, 0.25) is 5.95 Å². The van der Waals surface area contributed by atoms with Gasteiger partial charge in [-0.3, -0.25) is 24.3 Å². The van der Waals surface area contributed by atoms with Crippen molar-refractivity contribution in [2.75, 3.05) is 34.4 Å². The molecule has 4 unspecified atom stereocenters. The molecule has 244 valence electrons. The fraction of sp³-hybridized carbons (Fsp3) is 0.533. The van der Waals surface area contributed by atoms with Gasteiger partial charge in [0, 0.05) is 30.8 Å². The third kappa shape index (κ3) is 8.22. The van der Waals surface area contributed by atoms with Gasteiger partial charge in [-0.2, -0.15) is 4.98 Å². The lowest BCUT2D eigenvalue weighted by Crippen LogP contribution is -2.54. The summed E-state index contributed by atoms with van der Waals surface area (Å²) in [5.74, 6) is -2.14. The van der Waals surface area contributed by atoms with Crippen LogP contribution in [0.3, 0.4) is 0 Å². The van der Waals surface area contributed by atoms with Crippen LogP contribution in [-0.4, -0.2) is 75.4 Å². The highest BCUT2D eigenvalue weighted by molar-refractivity contribution is 5.97. The maximum atomic E-state index is 13.8. The second-order valence-electron chi connectivity index (χ2n) is 12.1. The quantitative estimate of drug-likeness (QED) is 0.191. The van der Waals surface area contributed by atoms with Gasteiger partial charge in [0.1, 0.15) is 12.1 Å². The first kappa shape index (κ1) is 33.1. The molecule has 1 fully saturated rings. The normalized spacial score (nSPS) is 21.6. The summed E-state index contributed by atoms with van der Waals surface area (Å²) in [7, 11) is 0. The lowest BCUT2D eigenvalue weighted by atomic mass is 9.75. The Balaban J connectivity index is 1.48. The summed E-state index contributed by atoms with van der Waals surface area (Å²) in [4.78, 5) is 69.7. The zero-order valence-electron chi connectivity index (χ0n) is 25.5. The molecule has 2 aromatic rings. The Morgan fingerprint density at radius 3 is 2.51 bits per heavy atom. The summed E-state index contributed by atoms with van der Waals surface area (Å²) in [6, 6.07) is 4.29. The zero-order chi connectivity index (χ0) is 32.8. The molecule has 0 spiro atoms. The van der Waals surface area contributed by atoms with Gasteiger partial charge in [0.25, 0.3) is 11.5 Å². The van der Waals surface area contributed by atoms with Gasteiger partial charge < -0.3 is 36.6 Å². The van der Waals surface area contributed by atoms with Gasteiger partial charge in [-0.25, -0.2) is 9.59 Å². The summed E-state index contributed by atoms with van der Waals surface area (Å²) in [6.45, 7) is 6.81. The Kier molecular flexibility index (Phi) is 10.5. The van der Waals surface area contributed by atoms with Crippen LogP contribution >= 0.6 is 0 Å². The van der Waals surface area contributed by atoms with E-state index in [9.17, 15) is 29.1 Å². The highest BCUT2D eigenvalue weighted by Crippen LogP contribution is 2.36. The predicted octanol–water partition coefficient (Wildman–Crippen LogP) is 2.71. The number of nitrogen functional groups attached to an aromatic ring is 1. The summed E-state index contributed by atoms with van der Waals surface area (Å²) < 4.78 is 6.12. The largest absolute Gasteiger partial charge is 0.481 e. The number of ether oxygens (including phenoxy) is 1. The number of nitrogens with two attached hydrogens (primary N) is 1. The molecule has 0 bridgehead atoms. The molecule has 1 aliphatic heterocycles. The number of carboxylic acids is 2. The number of amides is 2. The number of aromatic amines is 1. The maximum absolute atomic E-state index is 13.8. The van der Waals surface area contributed by atoms with Crippen LogP contribution in [0.5, 0.6) is 0 Å². The Bertz CT molecular complexity index is 1460. The van der Waals surface area contributed by atoms with Crippen LogP contribution in [-0.2, 0) is 14.3 Å². The van der Waals surface area contributed by atoms with Crippen molar-refractivity contribution in [1.82, 2.24) is 15.3 Å². The number of carboxylic acid groups (broad SMARTS) is 2. The number of benzene rings is 1. The number of carbonyl (C=O) groups excluding carboxylic acids is 2. The molecule has 1 saturated carbocycles. The standard InChI is InChI=1S/C30H41N7O8/c1-15(2)20-9-4-16(3)12-22(20)45-30(44)37-19(14-33-25-24(37)27(41)36-29(31)35-25)13-32-18-7-5-17(6-8-18)26(40)34-21(28(42)43)10-11-23(38)39/h5-8,15-16,19-22,32H,4,9-14H2,1-3H3,(H,34,40)(H,38,39)(H,42,43)(H4,31,33,35,36,41)/t16?,19?,20?,21-,22?/m0/s1.